The minimum atomic E-state index is -0.223. The van der Waals surface area contributed by atoms with Crippen LogP contribution in [0.3, 0.4) is 0 Å². The molecule has 0 bridgehead atoms. The summed E-state index contributed by atoms with van der Waals surface area (Å²) in [5.74, 6) is 0. The number of imidazole rings is 1. The number of hydrogen-bond donors (Lipinski definition) is 1. The quantitative estimate of drug-likeness (QED) is 0.638. The standard InChI is InChI=1S/C15H16N4O2/c20-15(18-8-7-16-9-18)17-14-10-3-1-5-12(10)19(21)13-6-2-4-11(13)14/h7-9H,1-6H2,(H,17,20). The van der Waals surface area contributed by atoms with Gasteiger partial charge < -0.3 is 10.5 Å². The Morgan fingerprint density at radius 2 is 1.86 bits per heavy atom. The van der Waals surface area contributed by atoms with Gasteiger partial charge in [0.1, 0.15) is 6.33 Å². The van der Waals surface area contributed by atoms with Gasteiger partial charge in [-0.3, -0.25) is 4.57 Å². The SMILES string of the molecule is O=C(Nc1c2c([n+]([O-])c3c1CCC3)CCC2)n1ccnc1. The monoisotopic (exact) mass is 284 g/mol. The van der Waals surface area contributed by atoms with Gasteiger partial charge in [0.2, 0.25) is 0 Å². The van der Waals surface area contributed by atoms with Gasteiger partial charge in [-0.05, 0) is 25.7 Å². The molecule has 0 saturated heterocycles. The molecule has 0 saturated carbocycles. The average molecular weight is 284 g/mol. The van der Waals surface area contributed by atoms with Gasteiger partial charge in [-0.25, -0.2) is 9.78 Å². The van der Waals surface area contributed by atoms with Gasteiger partial charge in [0.05, 0.1) is 5.69 Å². The van der Waals surface area contributed by atoms with Crippen molar-refractivity contribution in [3.8, 4) is 0 Å². The number of nitrogens with zero attached hydrogens (tertiary/aromatic N) is 3. The molecule has 1 N–H and O–H groups in total. The summed E-state index contributed by atoms with van der Waals surface area (Å²) in [6.07, 6.45) is 9.97. The minimum absolute atomic E-state index is 0.223. The molecule has 0 fully saturated rings. The molecule has 2 aromatic rings. The normalized spacial score (nSPS) is 15.8. The Morgan fingerprint density at radius 1 is 1.19 bits per heavy atom. The van der Waals surface area contributed by atoms with Gasteiger partial charge in [0.15, 0.2) is 11.4 Å². The van der Waals surface area contributed by atoms with Crippen LogP contribution in [0.25, 0.3) is 0 Å². The van der Waals surface area contributed by atoms with Crippen molar-refractivity contribution in [2.24, 2.45) is 0 Å². The third kappa shape index (κ3) is 1.82. The molecule has 2 aromatic heterocycles. The molecule has 1 amide bonds. The first-order valence-electron chi connectivity index (χ1n) is 7.34. The van der Waals surface area contributed by atoms with E-state index in [0.29, 0.717) is 0 Å². The maximum atomic E-state index is 12.4. The molecular weight excluding hydrogens is 268 g/mol. The third-order valence-corrected chi connectivity index (χ3v) is 4.44. The highest BCUT2D eigenvalue weighted by atomic mass is 16.5. The summed E-state index contributed by atoms with van der Waals surface area (Å²) in [6.45, 7) is 0. The van der Waals surface area contributed by atoms with E-state index in [-0.39, 0.29) is 6.03 Å². The summed E-state index contributed by atoms with van der Waals surface area (Å²) in [5.41, 5.74) is 4.62. The molecule has 0 unspecified atom stereocenters. The van der Waals surface area contributed by atoms with Crippen molar-refractivity contribution >= 4 is 11.7 Å². The summed E-state index contributed by atoms with van der Waals surface area (Å²) in [7, 11) is 0. The first kappa shape index (κ1) is 12.4. The van der Waals surface area contributed by atoms with Crippen molar-refractivity contribution in [2.45, 2.75) is 38.5 Å². The first-order valence-corrected chi connectivity index (χ1v) is 7.34. The largest absolute Gasteiger partial charge is 0.618 e. The zero-order chi connectivity index (χ0) is 14.4. The second kappa shape index (κ2) is 4.58. The minimum Gasteiger partial charge on any atom is -0.618 e. The molecule has 2 heterocycles. The van der Waals surface area contributed by atoms with Crippen LogP contribution in [0.2, 0.25) is 0 Å². The van der Waals surface area contributed by atoms with Crippen LogP contribution in [0.5, 0.6) is 0 Å². The van der Waals surface area contributed by atoms with Crippen LogP contribution in [0.1, 0.15) is 35.4 Å². The lowest BCUT2D eigenvalue weighted by Gasteiger charge is -2.16. The molecule has 6 heteroatoms. The van der Waals surface area contributed by atoms with Gasteiger partial charge >= 0.3 is 6.03 Å². The number of aromatic nitrogens is 3. The van der Waals surface area contributed by atoms with Gasteiger partial charge in [-0.1, -0.05) is 0 Å². The summed E-state index contributed by atoms with van der Waals surface area (Å²) in [4.78, 5) is 16.2. The van der Waals surface area contributed by atoms with Crippen LogP contribution in [-0.2, 0) is 25.7 Å². The lowest BCUT2D eigenvalue weighted by atomic mass is 10.1. The van der Waals surface area contributed by atoms with E-state index in [0.717, 1.165) is 71.5 Å². The van der Waals surface area contributed by atoms with Crippen molar-refractivity contribution in [2.75, 3.05) is 5.32 Å². The highest BCUT2D eigenvalue weighted by molar-refractivity contribution is 5.93. The number of rotatable bonds is 1. The maximum Gasteiger partial charge on any atom is 0.331 e. The highest BCUT2D eigenvalue weighted by Gasteiger charge is 2.33. The molecule has 6 nitrogen and oxygen atoms in total. The van der Waals surface area contributed by atoms with E-state index in [4.69, 9.17) is 0 Å². The number of amides is 1. The fraction of sp³-hybridized carbons (Fsp3) is 0.400. The number of nitrogens with one attached hydrogen (secondary N) is 1. The number of hydrogen-bond acceptors (Lipinski definition) is 3. The molecule has 108 valence electrons. The molecule has 21 heavy (non-hydrogen) atoms. The average Bonchev–Trinajstić information content (AvgIpc) is 3.24. The Bertz CT molecular complexity index is 687. The molecule has 0 aliphatic heterocycles. The summed E-state index contributed by atoms with van der Waals surface area (Å²) >= 11 is 0. The predicted molar refractivity (Wildman–Crippen MR) is 76.1 cm³/mol. The molecule has 0 atom stereocenters. The second-order valence-electron chi connectivity index (χ2n) is 5.63. The fourth-order valence-electron chi connectivity index (χ4n) is 3.49. The second-order valence-corrected chi connectivity index (χ2v) is 5.63. The van der Waals surface area contributed by atoms with E-state index in [1.54, 1.807) is 12.4 Å². The molecular formula is C15H16N4O2. The number of fused-ring (bicyclic) bond motifs is 2. The van der Waals surface area contributed by atoms with E-state index in [1.807, 2.05) is 0 Å². The zero-order valence-electron chi connectivity index (χ0n) is 11.6. The lowest BCUT2D eigenvalue weighted by molar-refractivity contribution is -0.621. The van der Waals surface area contributed by atoms with Crippen LogP contribution >= 0.6 is 0 Å². The first-order chi connectivity index (χ1) is 10.3. The Morgan fingerprint density at radius 3 is 2.43 bits per heavy atom. The number of pyridine rings is 1. The van der Waals surface area contributed by atoms with E-state index in [2.05, 4.69) is 10.3 Å². The van der Waals surface area contributed by atoms with Gasteiger partial charge in [-0.2, -0.15) is 4.73 Å². The van der Waals surface area contributed by atoms with Crippen molar-refractivity contribution in [3.05, 3.63) is 46.4 Å². The van der Waals surface area contributed by atoms with Crippen LogP contribution in [0.15, 0.2) is 18.7 Å². The molecule has 0 spiro atoms. The molecule has 0 radical (unpaired) electrons. The van der Waals surface area contributed by atoms with Gasteiger partial charge in [-0.15, -0.1) is 0 Å². The van der Waals surface area contributed by atoms with E-state index >= 15 is 0 Å². The van der Waals surface area contributed by atoms with Crippen molar-refractivity contribution < 1.29 is 9.52 Å². The van der Waals surface area contributed by atoms with E-state index < -0.39 is 0 Å². The zero-order valence-corrected chi connectivity index (χ0v) is 11.6. The summed E-state index contributed by atoms with van der Waals surface area (Å²) in [6, 6.07) is -0.223. The van der Waals surface area contributed by atoms with E-state index in [1.165, 1.54) is 10.9 Å². The van der Waals surface area contributed by atoms with E-state index in [9.17, 15) is 10.0 Å². The van der Waals surface area contributed by atoms with Crippen LogP contribution in [-0.4, -0.2) is 15.6 Å². The molecule has 4 rings (SSSR count). The van der Waals surface area contributed by atoms with Crippen LogP contribution in [0, 0.1) is 5.21 Å². The molecule has 2 aliphatic carbocycles. The Labute approximate surface area is 122 Å². The third-order valence-electron chi connectivity index (χ3n) is 4.44. The topological polar surface area (TPSA) is 73.9 Å². The number of carbonyl (C=O) groups excluding carboxylic acids is 1. The smallest absolute Gasteiger partial charge is 0.331 e. The Kier molecular flexibility index (Phi) is 2.70. The lowest BCUT2D eigenvalue weighted by Crippen LogP contribution is -2.38. The molecule has 0 aromatic carbocycles. The van der Waals surface area contributed by atoms with Crippen LogP contribution in [0.4, 0.5) is 10.5 Å². The van der Waals surface area contributed by atoms with Crippen molar-refractivity contribution in [1.29, 1.82) is 0 Å². The van der Waals surface area contributed by atoms with Crippen molar-refractivity contribution in [1.82, 2.24) is 9.55 Å². The highest BCUT2D eigenvalue weighted by Crippen LogP contribution is 2.35. The summed E-state index contributed by atoms with van der Waals surface area (Å²) in [5, 5.41) is 15.4. The fourth-order valence-corrected chi connectivity index (χ4v) is 3.49. The predicted octanol–water partition coefficient (Wildman–Crippen LogP) is 1.57. The number of anilines is 1. The number of carbonyl (C=O) groups is 1. The Hall–Kier alpha value is -2.37. The Balaban J connectivity index is 1.80. The maximum absolute atomic E-state index is 12.4. The molecule has 2 aliphatic rings. The van der Waals surface area contributed by atoms with Gasteiger partial charge in [0.25, 0.3) is 0 Å². The van der Waals surface area contributed by atoms with Gasteiger partial charge in [0, 0.05) is 36.4 Å². The van der Waals surface area contributed by atoms with Crippen LogP contribution < -0.4 is 10.0 Å². The summed E-state index contributed by atoms with van der Waals surface area (Å²) < 4.78 is 2.54. The van der Waals surface area contributed by atoms with Crippen molar-refractivity contribution in [3.63, 3.8) is 0 Å².